The predicted octanol–water partition coefficient (Wildman–Crippen LogP) is 3.72. The molecule has 5 heteroatoms. The first-order valence-electron chi connectivity index (χ1n) is 3.53. The topological polar surface area (TPSA) is 23.8 Å². The van der Waals surface area contributed by atoms with E-state index in [2.05, 4.69) is 28.6 Å². The van der Waals surface area contributed by atoms with Gasteiger partial charge >= 0.3 is 0 Å². The highest BCUT2D eigenvalue weighted by Crippen LogP contribution is 2.45. The second-order valence-corrected chi connectivity index (χ2v) is 6.09. The van der Waals surface area contributed by atoms with Crippen LogP contribution in [-0.2, 0) is 0 Å². The second-order valence-electron chi connectivity index (χ2n) is 2.38. The lowest BCUT2D eigenvalue weighted by Crippen LogP contribution is -2.00. The van der Waals surface area contributed by atoms with Crippen LogP contribution in [0.25, 0.3) is 0 Å². The van der Waals surface area contributed by atoms with Gasteiger partial charge in [0, 0.05) is 16.3 Å². The molecule has 1 saturated heterocycles. The molecule has 0 N–H and O–H groups in total. The normalized spacial score (nSPS) is 25.5. The van der Waals surface area contributed by atoms with Gasteiger partial charge < -0.3 is 0 Å². The lowest BCUT2D eigenvalue weighted by atomic mass is 10.3. The zero-order valence-corrected chi connectivity index (χ0v) is 10.7. The minimum atomic E-state index is 0.340. The first kappa shape index (κ1) is 11.5. The van der Waals surface area contributed by atoms with Crippen LogP contribution < -0.4 is 0 Å². The van der Waals surface area contributed by atoms with Gasteiger partial charge in [-0.2, -0.15) is 5.26 Å². The number of nitriles is 1. The average Bonchev–Trinajstić information content (AvgIpc) is 2.53. The minimum absolute atomic E-state index is 0.340. The van der Waals surface area contributed by atoms with Gasteiger partial charge in [-0.05, 0) is 0 Å². The summed E-state index contributed by atoms with van der Waals surface area (Å²) in [6.45, 7) is 3.57. The number of thioether (sulfide) groups is 2. The van der Waals surface area contributed by atoms with Crippen molar-refractivity contribution < 1.29 is 0 Å². The molecule has 0 aromatic heterocycles. The predicted molar refractivity (Wildman–Crippen MR) is 65.3 cm³/mol. The fourth-order valence-corrected chi connectivity index (χ4v) is 4.77. The average molecular weight is 297 g/mol. The van der Waals surface area contributed by atoms with Gasteiger partial charge in [-0.15, -0.1) is 23.5 Å². The molecule has 0 spiro atoms. The van der Waals surface area contributed by atoms with Crippen LogP contribution in [0.2, 0.25) is 0 Å². The van der Waals surface area contributed by atoms with Gasteiger partial charge in [-0.3, -0.25) is 0 Å². The lowest BCUT2D eigenvalue weighted by molar-refractivity contribution is 1.18. The van der Waals surface area contributed by atoms with E-state index in [1.165, 1.54) is 0 Å². The summed E-state index contributed by atoms with van der Waals surface area (Å²) in [5, 5.41) is 10.7. The number of alkyl halides is 1. The molecule has 1 atom stereocenters. The maximum Gasteiger partial charge on any atom is 0.102 e. The lowest BCUT2D eigenvalue weighted by Gasteiger charge is -2.00. The monoisotopic (exact) mass is 295 g/mol. The summed E-state index contributed by atoms with van der Waals surface area (Å²) in [7, 11) is 0. The van der Waals surface area contributed by atoms with E-state index < -0.39 is 0 Å². The van der Waals surface area contributed by atoms with Crippen molar-refractivity contribution in [3.63, 3.8) is 0 Å². The number of rotatable bonds is 2. The highest BCUT2D eigenvalue weighted by Gasteiger charge is 2.23. The van der Waals surface area contributed by atoms with Crippen LogP contribution in [-0.4, -0.2) is 16.3 Å². The van der Waals surface area contributed by atoms with E-state index in [0.717, 1.165) is 15.3 Å². The summed E-state index contributed by atoms with van der Waals surface area (Å²) < 4.78 is 1.01. The van der Waals surface area contributed by atoms with Crippen LogP contribution in [0.1, 0.15) is 0 Å². The van der Waals surface area contributed by atoms with E-state index in [1.54, 1.807) is 23.5 Å². The minimum Gasteiger partial charge on any atom is -0.192 e. The Labute approximate surface area is 99.7 Å². The van der Waals surface area contributed by atoms with E-state index >= 15 is 0 Å². The summed E-state index contributed by atoms with van der Waals surface area (Å²) in [5.74, 6) is 1.03. The van der Waals surface area contributed by atoms with Gasteiger partial charge in [0.15, 0.2) is 0 Å². The number of hydrogen-bond donors (Lipinski definition) is 0. The largest absolute Gasteiger partial charge is 0.192 e. The first-order valence-corrected chi connectivity index (χ1v) is 6.90. The first-order chi connectivity index (χ1) is 6.19. The van der Waals surface area contributed by atoms with Crippen LogP contribution >= 0.6 is 51.1 Å². The van der Waals surface area contributed by atoms with Crippen LogP contribution in [0.15, 0.2) is 21.4 Å². The Balaban J connectivity index is 2.82. The molecule has 0 aromatic rings. The number of hydrogen-bond acceptors (Lipinski definition) is 3. The molecule has 1 aliphatic heterocycles. The van der Waals surface area contributed by atoms with Gasteiger partial charge in [0.2, 0.25) is 0 Å². The van der Waals surface area contributed by atoms with E-state index in [1.807, 2.05) is 0 Å². The summed E-state index contributed by atoms with van der Waals surface area (Å²) >= 11 is 12.5. The standard InChI is InChI=1S/C8H7BrClNS2/c1-5(10)7(3-11)8-12-4-6(2-9)13-8/h6H,1-2,4H2/b8-7-. The maximum atomic E-state index is 8.82. The summed E-state index contributed by atoms with van der Waals surface area (Å²) in [4.78, 5) is 0. The van der Waals surface area contributed by atoms with Gasteiger partial charge in [-0.25, -0.2) is 0 Å². The Hall–Kier alpha value is 0.440. The number of allylic oxidation sites excluding steroid dienone is 2. The Morgan fingerprint density at radius 2 is 2.54 bits per heavy atom. The zero-order valence-electron chi connectivity index (χ0n) is 6.72. The van der Waals surface area contributed by atoms with E-state index in [-0.39, 0.29) is 0 Å². The fraction of sp³-hybridized carbons (Fsp3) is 0.375. The molecule has 70 valence electrons. The van der Waals surface area contributed by atoms with E-state index in [9.17, 15) is 0 Å². The van der Waals surface area contributed by atoms with E-state index in [4.69, 9.17) is 16.9 Å². The fourth-order valence-electron chi connectivity index (χ4n) is 0.812. The molecule has 0 amide bonds. The molecular weight excluding hydrogens is 290 g/mol. The van der Waals surface area contributed by atoms with Crippen molar-refractivity contribution in [3.8, 4) is 6.07 Å². The van der Waals surface area contributed by atoms with Crippen LogP contribution in [0, 0.1) is 11.3 Å². The van der Waals surface area contributed by atoms with Crippen molar-refractivity contribution in [2.75, 3.05) is 11.1 Å². The molecule has 1 aliphatic rings. The van der Waals surface area contributed by atoms with Crippen molar-refractivity contribution in [3.05, 3.63) is 21.4 Å². The molecule has 0 aliphatic carbocycles. The Morgan fingerprint density at radius 1 is 1.85 bits per heavy atom. The van der Waals surface area contributed by atoms with Gasteiger partial charge in [0.25, 0.3) is 0 Å². The van der Waals surface area contributed by atoms with Gasteiger partial charge in [0.05, 0.1) is 14.8 Å². The molecule has 1 heterocycles. The third-order valence-electron chi connectivity index (χ3n) is 1.43. The maximum absolute atomic E-state index is 8.82. The van der Waals surface area contributed by atoms with Crippen LogP contribution in [0.4, 0.5) is 0 Å². The Morgan fingerprint density at radius 3 is 2.92 bits per heavy atom. The smallest absolute Gasteiger partial charge is 0.102 e. The van der Waals surface area contributed by atoms with Crippen molar-refractivity contribution in [1.29, 1.82) is 5.26 Å². The molecule has 0 radical (unpaired) electrons. The Bertz CT molecular complexity index is 295. The Kier molecular flexibility index (Phi) is 4.74. The SMILES string of the molecule is C=C(Cl)/C(C#N)=C1/SCC(CBr)S1. The highest BCUT2D eigenvalue weighted by atomic mass is 79.9. The van der Waals surface area contributed by atoms with Gasteiger partial charge in [0.1, 0.15) is 6.07 Å². The van der Waals surface area contributed by atoms with Crippen molar-refractivity contribution in [2.45, 2.75) is 5.25 Å². The highest BCUT2D eigenvalue weighted by molar-refractivity contribution is 9.09. The van der Waals surface area contributed by atoms with Crippen LogP contribution in [0.3, 0.4) is 0 Å². The molecule has 0 bridgehead atoms. The molecular formula is C8H7BrClNS2. The van der Waals surface area contributed by atoms with Gasteiger partial charge in [-0.1, -0.05) is 34.1 Å². The number of nitrogens with zero attached hydrogens (tertiary/aromatic N) is 1. The van der Waals surface area contributed by atoms with Crippen molar-refractivity contribution in [2.24, 2.45) is 0 Å². The molecule has 1 unspecified atom stereocenters. The third kappa shape index (κ3) is 2.95. The quantitative estimate of drug-likeness (QED) is 0.573. The van der Waals surface area contributed by atoms with Crippen LogP contribution in [0.5, 0.6) is 0 Å². The van der Waals surface area contributed by atoms with E-state index in [0.29, 0.717) is 15.9 Å². The van der Waals surface area contributed by atoms with Crippen molar-refractivity contribution >= 4 is 51.1 Å². The molecule has 13 heavy (non-hydrogen) atoms. The molecule has 1 fully saturated rings. The summed E-state index contributed by atoms with van der Waals surface area (Å²) in [6.07, 6.45) is 0. The molecule has 0 aromatic carbocycles. The number of halogens is 2. The third-order valence-corrected chi connectivity index (χ3v) is 5.81. The summed E-state index contributed by atoms with van der Waals surface area (Å²) in [5.41, 5.74) is 0.528. The molecule has 1 rings (SSSR count). The molecule has 1 nitrogen and oxygen atoms in total. The zero-order chi connectivity index (χ0) is 9.84. The van der Waals surface area contributed by atoms with Crippen molar-refractivity contribution in [1.82, 2.24) is 0 Å². The second kappa shape index (κ2) is 5.35. The molecule has 0 saturated carbocycles. The summed E-state index contributed by atoms with van der Waals surface area (Å²) in [6, 6.07) is 2.08.